The van der Waals surface area contributed by atoms with E-state index in [1.165, 1.54) is 11.6 Å². The maximum Gasteiger partial charge on any atom is 0.234 e. The highest BCUT2D eigenvalue weighted by Crippen LogP contribution is 2.38. The number of likely N-dealkylation sites (N-methyl/N-ethyl adjacent to an activating group) is 1. The summed E-state index contributed by atoms with van der Waals surface area (Å²) in [6, 6.07) is 8.06. The Balaban J connectivity index is 2.20. The van der Waals surface area contributed by atoms with Gasteiger partial charge in [-0.1, -0.05) is 24.3 Å². The minimum Gasteiger partial charge on any atom is -0.374 e. The molecule has 0 bridgehead atoms. The predicted molar refractivity (Wildman–Crippen MR) is 79.3 cm³/mol. The Morgan fingerprint density at radius 1 is 1.15 bits per heavy atom. The molecule has 2 aromatic carbocycles. The van der Waals surface area contributed by atoms with Crippen molar-refractivity contribution in [2.24, 2.45) is 0 Å². The molecule has 0 unspecified atom stereocenters. The van der Waals surface area contributed by atoms with Crippen molar-refractivity contribution in [1.29, 1.82) is 0 Å². The highest BCUT2D eigenvalue weighted by molar-refractivity contribution is 6.52. The van der Waals surface area contributed by atoms with Gasteiger partial charge in [-0.05, 0) is 35.1 Å². The van der Waals surface area contributed by atoms with Crippen LogP contribution in [0.3, 0.4) is 0 Å². The van der Waals surface area contributed by atoms with Gasteiger partial charge in [0.15, 0.2) is 0 Å². The first kappa shape index (κ1) is 11.4. The fourth-order valence-corrected chi connectivity index (χ4v) is 3.23. The number of benzene rings is 2. The number of anilines is 1. The molecule has 0 amide bonds. The Kier molecular flexibility index (Phi) is 2.16. The first-order chi connectivity index (χ1) is 9.66. The Bertz CT molecular complexity index is 817. The average molecular weight is 263 g/mol. The number of ketones is 2. The Labute approximate surface area is 116 Å². The van der Waals surface area contributed by atoms with Crippen molar-refractivity contribution in [2.75, 3.05) is 18.5 Å². The van der Waals surface area contributed by atoms with Gasteiger partial charge in [-0.15, -0.1) is 0 Å². The van der Waals surface area contributed by atoms with Crippen molar-refractivity contribution in [3.05, 3.63) is 47.0 Å². The number of carbonyl (C=O) groups is 2. The lowest BCUT2D eigenvalue weighted by atomic mass is 9.86. The van der Waals surface area contributed by atoms with Gasteiger partial charge in [0.2, 0.25) is 11.6 Å². The van der Waals surface area contributed by atoms with E-state index in [1.807, 2.05) is 18.2 Å². The lowest BCUT2D eigenvalue weighted by molar-refractivity contribution is -0.110. The van der Waals surface area contributed by atoms with Crippen molar-refractivity contribution in [2.45, 2.75) is 6.42 Å². The summed E-state index contributed by atoms with van der Waals surface area (Å²) in [5.74, 6) is -0.818. The lowest BCUT2D eigenvalue weighted by Crippen LogP contribution is -2.26. The molecule has 3 nitrogen and oxygen atoms in total. The molecule has 20 heavy (non-hydrogen) atoms. The monoisotopic (exact) mass is 263 g/mol. The van der Waals surface area contributed by atoms with Crippen LogP contribution >= 0.6 is 0 Å². The van der Waals surface area contributed by atoms with Crippen LogP contribution in [-0.2, 0) is 11.2 Å². The molecule has 0 spiro atoms. The summed E-state index contributed by atoms with van der Waals surface area (Å²) in [5, 5.41) is 2.03. The highest BCUT2D eigenvalue weighted by Gasteiger charge is 2.27. The van der Waals surface area contributed by atoms with Crippen LogP contribution < -0.4 is 4.90 Å². The van der Waals surface area contributed by atoms with E-state index in [9.17, 15) is 9.59 Å². The van der Waals surface area contributed by atoms with Gasteiger partial charge in [-0.25, -0.2) is 0 Å². The standard InChI is InChI=1S/C17H13NO2/c1-18-8-7-10-3-2-4-12-15(10)13(18)9-11-5-6-14(19)17(20)16(11)12/h2-6,9H,7-8H2,1H3. The molecule has 0 radical (unpaired) electrons. The van der Waals surface area contributed by atoms with Crippen molar-refractivity contribution in [3.63, 3.8) is 0 Å². The summed E-state index contributed by atoms with van der Waals surface area (Å²) in [5.41, 5.74) is 3.82. The van der Waals surface area contributed by atoms with Gasteiger partial charge < -0.3 is 4.90 Å². The number of hydrogen-bond donors (Lipinski definition) is 0. The highest BCUT2D eigenvalue weighted by atomic mass is 16.2. The quantitative estimate of drug-likeness (QED) is 0.686. The molecule has 0 saturated heterocycles. The maximum absolute atomic E-state index is 12.2. The zero-order valence-corrected chi connectivity index (χ0v) is 11.1. The van der Waals surface area contributed by atoms with Crippen molar-refractivity contribution < 1.29 is 9.59 Å². The summed E-state index contributed by atoms with van der Waals surface area (Å²) in [6.45, 7) is 0.974. The minimum atomic E-state index is -0.428. The van der Waals surface area contributed by atoms with E-state index in [0.717, 1.165) is 35.0 Å². The van der Waals surface area contributed by atoms with Crippen LogP contribution in [0.25, 0.3) is 16.8 Å². The number of rotatable bonds is 0. The number of Topliss-reactive ketones (excluding diaryl/α,β-unsaturated/α-hetero) is 1. The molecule has 1 heterocycles. The van der Waals surface area contributed by atoms with E-state index in [1.54, 1.807) is 6.08 Å². The van der Waals surface area contributed by atoms with Crippen LogP contribution in [0.2, 0.25) is 0 Å². The molecule has 0 N–H and O–H groups in total. The van der Waals surface area contributed by atoms with Gasteiger partial charge in [0, 0.05) is 30.2 Å². The van der Waals surface area contributed by atoms with Crippen LogP contribution in [0, 0.1) is 0 Å². The van der Waals surface area contributed by atoms with Crippen molar-refractivity contribution in [1.82, 2.24) is 0 Å². The molecule has 3 heteroatoms. The SMILES string of the molecule is CN1CCc2cccc3c4c(cc1c23)C=CC(=O)C4=O. The lowest BCUT2D eigenvalue weighted by Gasteiger charge is -2.29. The van der Waals surface area contributed by atoms with Crippen molar-refractivity contribution >= 4 is 34.1 Å². The molecule has 2 aromatic rings. The second kappa shape index (κ2) is 3.79. The molecule has 0 saturated carbocycles. The first-order valence-corrected chi connectivity index (χ1v) is 6.73. The predicted octanol–water partition coefficient (Wildman–Crippen LogP) is 2.61. The summed E-state index contributed by atoms with van der Waals surface area (Å²) in [7, 11) is 2.07. The van der Waals surface area contributed by atoms with Gasteiger partial charge in [0.1, 0.15) is 0 Å². The molecule has 1 aliphatic heterocycles. The van der Waals surface area contributed by atoms with Gasteiger partial charge in [-0.2, -0.15) is 0 Å². The number of carbonyl (C=O) groups excluding carboxylic acids is 2. The summed E-state index contributed by atoms with van der Waals surface area (Å²) < 4.78 is 0. The fraction of sp³-hybridized carbons (Fsp3) is 0.176. The number of allylic oxidation sites excluding steroid dienone is 1. The third-order valence-electron chi connectivity index (χ3n) is 4.25. The van der Waals surface area contributed by atoms with Crippen LogP contribution in [-0.4, -0.2) is 25.2 Å². The van der Waals surface area contributed by atoms with Crippen molar-refractivity contribution in [3.8, 4) is 0 Å². The number of hydrogen-bond acceptors (Lipinski definition) is 3. The molecule has 4 rings (SSSR count). The van der Waals surface area contributed by atoms with Gasteiger partial charge >= 0.3 is 0 Å². The molecule has 2 aliphatic rings. The normalized spacial score (nSPS) is 16.8. The molecule has 0 aromatic heterocycles. The molecule has 0 fully saturated rings. The van der Waals surface area contributed by atoms with Crippen LogP contribution in [0.5, 0.6) is 0 Å². The Morgan fingerprint density at radius 2 is 2.00 bits per heavy atom. The second-order valence-electron chi connectivity index (χ2n) is 5.40. The van der Waals surface area contributed by atoms with E-state index in [4.69, 9.17) is 0 Å². The fourth-order valence-electron chi connectivity index (χ4n) is 3.23. The van der Waals surface area contributed by atoms with Gasteiger partial charge in [0.05, 0.1) is 0 Å². The molecule has 0 atom stereocenters. The van der Waals surface area contributed by atoms with E-state index in [-0.39, 0.29) is 5.78 Å². The molecule has 1 aliphatic carbocycles. The van der Waals surface area contributed by atoms with E-state index < -0.39 is 5.78 Å². The molecular weight excluding hydrogens is 250 g/mol. The topological polar surface area (TPSA) is 37.4 Å². The summed E-state index contributed by atoms with van der Waals surface area (Å²) in [4.78, 5) is 26.1. The van der Waals surface area contributed by atoms with Crippen LogP contribution in [0.4, 0.5) is 5.69 Å². The minimum absolute atomic E-state index is 0.389. The molecular formula is C17H13NO2. The molecule has 98 valence electrons. The first-order valence-electron chi connectivity index (χ1n) is 6.73. The van der Waals surface area contributed by atoms with Crippen LogP contribution in [0.1, 0.15) is 21.5 Å². The maximum atomic E-state index is 12.2. The summed E-state index contributed by atoms with van der Waals surface area (Å²) in [6.07, 6.45) is 4.09. The largest absolute Gasteiger partial charge is 0.374 e. The third-order valence-corrected chi connectivity index (χ3v) is 4.25. The van der Waals surface area contributed by atoms with E-state index in [2.05, 4.69) is 18.0 Å². The number of fused-ring (bicyclic) bond motifs is 2. The summed E-state index contributed by atoms with van der Waals surface area (Å²) >= 11 is 0. The smallest absolute Gasteiger partial charge is 0.234 e. The number of nitrogens with zero attached hydrogens (tertiary/aromatic N) is 1. The van der Waals surface area contributed by atoms with Gasteiger partial charge in [0.25, 0.3) is 0 Å². The zero-order valence-electron chi connectivity index (χ0n) is 11.1. The van der Waals surface area contributed by atoms with E-state index in [0.29, 0.717) is 5.56 Å². The second-order valence-corrected chi connectivity index (χ2v) is 5.40. The van der Waals surface area contributed by atoms with Gasteiger partial charge in [-0.3, -0.25) is 9.59 Å². The average Bonchev–Trinajstić information content (AvgIpc) is 2.46. The Hall–Kier alpha value is -2.42. The van der Waals surface area contributed by atoms with Crippen LogP contribution in [0.15, 0.2) is 30.3 Å². The zero-order chi connectivity index (χ0) is 13.9. The third kappa shape index (κ3) is 1.35. The Morgan fingerprint density at radius 3 is 2.85 bits per heavy atom. The van der Waals surface area contributed by atoms with E-state index >= 15 is 0 Å².